The van der Waals surface area contributed by atoms with Crippen LogP contribution in [0.25, 0.3) is 11.1 Å². The maximum absolute atomic E-state index is 12.7. The molecule has 3 aromatic rings. The van der Waals surface area contributed by atoms with E-state index in [-0.39, 0.29) is 17.7 Å². The van der Waals surface area contributed by atoms with E-state index in [4.69, 9.17) is 9.15 Å². The Morgan fingerprint density at radius 1 is 1.10 bits per heavy atom. The molecule has 4 rings (SSSR count). The molecule has 0 bridgehead atoms. The lowest BCUT2D eigenvalue weighted by Crippen LogP contribution is -2.43. The molecule has 7 nitrogen and oxygen atoms in total. The number of hydrogen-bond donors (Lipinski definition) is 1. The minimum Gasteiger partial charge on any atom is -0.408 e. The summed E-state index contributed by atoms with van der Waals surface area (Å²) < 4.78 is 12.3. The lowest BCUT2D eigenvalue weighted by Gasteiger charge is -2.31. The number of aryl methyl sites for hydroxylation is 2. The van der Waals surface area contributed by atoms with Crippen molar-refractivity contribution >= 4 is 17.0 Å². The quantitative estimate of drug-likeness (QED) is 0.603. The highest BCUT2D eigenvalue weighted by atomic mass is 16.5. The SMILES string of the molecule is Cc1ccc([C@@H](CN2CCOCC2)NC(=O)CCCn2c(=O)oc3ccccc32)cc1. The molecule has 0 radical (unpaired) electrons. The standard InChI is InChI=1S/C24H29N3O4/c1-18-8-10-19(11-9-18)20(17-26-13-15-30-16-14-26)25-23(28)7-4-12-27-21-5-2-3-6-22(21)31-24(27)29/h2-3,5-6,8-11,20H,4,7,12-17H2,1H3,(H,25,28)/t20-/m1/s1. The second-order valence-corrected chi connectivity index (χ2v) is 8.03. The van der Waals surface area contributed by atoms with Crippen LogP contribution in [0.5, 0.6) is 0 Å². The lowest BCUT2D eigenvalue weighted by atomic mass is 10.0. The van der Waals surface area contributed by atoms with Crippen molar-refractivity contribution in [1.82, 2.24) is 14.8 Å². The highest BCUT2D eigenvalue weighted by Gasteiger charge is 2.20. The molecule has 1 N–H and O–H groups in total. The first-order valence-corrected chi connectivity index (χ1v) is 10.8. The van der Waals surface area contributed by atoms with Gasteiger partial charge in [0.2, 0.25) is 5.91 Å². The van der Waals surface area contributed by atoms with Gasteiger partial charge in [-0.2, -0.15) is 0 Å². The van der Waals surface area contributed by atoms with Crippen LogP contribution in [0.1, 0.15) is 30.0 Å². The summed E-state index contributed by atoms with van der Waals surface area (Å²) in [4.78, 5) is 27.2. The van der Waals surface area contributed by atoms with Gasteiger partial charge in [-0.15, -0.1) is 0 Å². The summed E-state index contributed by atoms with van der Waals surface area (Å²) in [6, 6.07) is 15.6. The van der Waals surface area contributed by atoms with Crippen LogP contribution in [0.2, 0.25) is 0 Å². The fourth-order valence-corrected chi connectivity index (χ4v) is 3.97. The fourth-order valence-electron chi connectivity index (χ4n) is 3.97. The highest BCUT2D eigenvalue weighted by molar-refractivity contribution is 5.76. The topological polar surface area (TPSA) is 76.7 Å². The third-order valence-electron chi connectivity index (χ3n) is 5.72. The van der Waals surface area contributed by atoms with Gasteiger partial charge in [-0.3, -0.25) is 14.3 Å². The smallest absolute Gasteiger partial charge is 0.408 e. The lowest BCUT2D eigenvalue weighted by molar-refractivity contribution is -0.122. The molecule has 1 aliphatic rings. The number of aromatic nitrogens is 1. The molecule has 1 atom stereocenters. The van der Waals surface area contributed by atoms with E-state index in [9.17, 15) is 9.59 Å². The molecule has 1 aromatic heterocycles. The number of hydrogen-bond acceptors (Lipinski definition) is 5. The number of nitrogens with zero attached hydrogens (tertiary/aromatic N) is 2. The van der Waals surface area contributed by atoms with Crippen molar-refractivity contribution in [3.8, 4) is 0 Å². The van der Waals surface area contributed by atoms with Gasteiger partial charge < -0.3 is 14.5 Å². The average molecular weight is 424 g/mol. The first kappa shape index (κ1) is 21.3. The minimum atomic E-state index is -0.383. The molecule has 1 saturated heterocycles. The van der Waals surface area contributed by atoms with Crippen molar-refractivity contribution in [2.45, 2.75) is 32.4 Å². The molecule has 0 aliphatic carbocycles. The van der Waals surface area contributed by atoms with Gasteiger partial charge in [-0.05, 0) is 31.0 Å². The summed E-state index contributed by atoms with van der Waals surface area (Å²) in [7, 11) is 0. The van der Waals surface area contributed by atoms with E-state index in [0.717, 1.165) is 43.9 Å². The second kappa shape index (κ2) is 9.94. The Morgan fingerprint density at radius 2 is 1.84 bits per heavy atom. The van der Waals surface area contributed by atoms with Crippen LogP contribution in [0.15, 0.2) is 57.7 Å². The van der Waals surface area contributed by atoms with Gasteiger partial charge in [-0.25, -0.2) is 4.79 Å². The van der Waals surface area contributed by atoms with Crippen LogP contribution < -0.4 is 11.1 Å². The predicted molar refractivity (Wildman–Crippen MR) is 119 cm³/mol. The van der Waals surface area contributed by atoms with E-state index in [1.807, 2.05) is 18.2 Å². The number of nitrogens with one attached hydrogen (secondary N) is 1. The van der Waals surface area contributed by atoms with Crippen molar-refractivity contribution in [3.05, 3.63) is 70.2 Å². The zero-order valence-electron chi connectivity index (χ0n) is 17.9. The van der Waals surface area contributed by atoms with Gasteiger partial charge in [-0.1, -0.05) is 42.0 Å². The molecule has 2 aromatic carbocycles. The van der Waals surface area contributed by atoms with Crippen LogP contribution in [0.4, 0.5) is 0 Å². The first-order chi connectivity index (χ1) is 15.1. The molecule has 31 heavy (non-hydrogen) atoms. The number of amides is 1. The van der Waals surface area contributed by atoms with Crippen molar-refractivity contribution in [3.63, 3.8) is 0 Å². The third kappa shape index (κ3) is 5.42. The molecular formula is C24H29N3O4. The largest absolute Gasteiger partial charge is 0.419 e. The summed E-state index contributed by atoms with van der Waals surface area (Å²) in [5.41, 5.74) is 3.63. The Balaban J connectivity index is 1.37. The van der Waals surface area contributed by atoms with Crippen LogP contribution in [0, 0.1) is 6.92 Å². The van der Waals surface area contributed by atoms with Crippen molar-refractivity contribution < 1.29 is 13.9 Å². The van der Waals surface area contributed by atoms with Gasteiger partial charge >= 0.3 is 5.76 Å². The molecular weight excluding hydrogens is 394 g/mol. The van der Waals surface area contributed by atoms with Crippen LogP contribution in [-0.4, -0.2) is 48.2 Å². The Bertz CT molecular complexity index is 1060. The Morgan fingerprint density at radius 3 is 2.61 bits per heavy atom. The number of morpholine rings is 1. The van der Waals surface area contributed by atoms with Gasteiger partial charge in [0.1, 0.15) is 0 Å². The van der Waals surface area contributed by atoms with Crippen LogP contribution >= 0.6 is 0 Å². The fraction of sp³-hybridized carbons (Fsp3) is 0.417. The summed E-state index contributed by atoms with van der Waals surface area (Å²) >= 11 is 0. The number of para-hydroxylation sites is 2. The molecule has 164 valence electrons. The summed E-state index contributed by atoms with van der Waals surface area (Å²) in [5, 5.41) is 3.20. The summed E-state index contributed by atoms with van der Waals surface area (Å²) in [6.45, 7) is 6.44. The van der Waals surface area contributed by atoms with E-state index in [2.05, 4.69) is 41.4 Å². The second-order valence-electron chi connectivity index (χ2n) is 8.03. The Hall–Kier alpha value is -2.90. The minimum absolute atomic E-state index is 0.0142. The summed E-state index contributed by atoms with van der Waals surface area (Å²) in [6.07, 6.45) is 0.908. The first-order valence-electron chi connectivity index (χ1n) is 10.8. The average Bonchev–Trinajstić information content (AvgIpc) is 3.10. The maximum Gasteiger partial charge on any atom is 0.419 e. The number of oxazole rings is 1. The van der Waals surface area contributed by atoms with Crippen molar-refractivity contribution in [2.75, 3.05) is 32.8 Å². The number of rotatable bonds is 8. The van der Waals surface area contributed by atoms with Crippen LogP contribution in [-0.2, 0) is 16.1 Å². The molecule has 0 saturated carbocycles. The normalized spacial score (nSPS) is 15.8. The van der Waals surface area contributed by atoms with E-state index in [1.165, 1.54) is 5.56 Å². The molecule has 1 fully saturated rings. The molecule has 0 unspecified atom stereocenters. The number of benzene rings is 2. The van der Waals surface area contributed by atoms with E-state index in [0.29, 0.717) is 25.0 Å². The number of fused-ring (bicyclic) bond motifs is 1. The van der Waals surface area contributed by atoms with Crippen molar-refractivity contribution in [2.24, 2.45) is 0 Å². The number of ether oxygens (including phenoxy) is 1. The van der Waals surface area contributed by atoms with E-state index in [1.54, 1.807) is 10.6 Å². The predicted octanol–water partition coefficient (Wildman–Crippen LogP) is 2.87. The summed E-state index contributed by atoms with van der Waals surface area (Å²) in [5.74, 6) is -0.397. The number of carbonyl (C=O) groups excluding carboxylic acids is 1. The number of carbonyl (C=O) groups is 1. The van der Waals surface area contributed by atoms with Crippen LogP contribution in [0.3, 0.4) is 0 Å². The van der Waals surface area contributed by atoms with E-state index < -0.39 is 0 Å². The Kier molecular flexibility index (Phi) is 6.84. The zero-order chi connectivity index (χ0) is 21.6. The van der Waals surface area contributed by atoms with Gasteiger partial charge in [0.05, 0.1) is 24.8 Å². The Labute approximate surface area is 181 Å². The van der Waals surface area contributed by atoms with Gasteiger partial charge in [0.15, 0.2) is 5.58 Å². The van der Waals surface area contributed by atoms with E-state index >= 15 is 0 Å². The van der Waals surface area contributed by atoms with Crippen molar-refractivity contribution in [1.29, 1.82) is 0 Å². The molecule has 7 heteroatoms. The molecule has 1 aliphatic heterocycles. The molecule has 2 heterocycles. The van der Waals surface area contributed by atoms with Gasteiger partial charge in [0.25, 0.3) is 0 Å². The molecule has 1 amide bonds. The maximum atomic E-state index is 12.7. The zero-order valence-corrected chi connectivity index (χ0v) is 17.9. The van der Waals surface area contributed by atoms with Gasteiger partial charge in [0, 0.05) is 32.6 Å². The highest BCUT2D eigenvalue weighted by Crippen LogP contribution is 2.17. The third-order valence-corrected chi connectivity index (χ3v) is 5.72. The monoisotopic (exact) mass is 423 g/mol. The molecule has 0 spiro atoms.